The molecule has 0 spiro atoms. The summed E-state index contributed by atoms with van der Waals surface area (Å²) in [6.07, 6.45) is 3.42. The van der Waals surface area contributed by atoms with Gasteiger partial charge >= 0.3 is 0 Å². The highest BCUT2D eigenvalue weighted by Gasteiger charge is 2.28. The maximum Gasteiger partial charge on any atom is 0.269 e. The van der Waals surface area contributed by atoms with Crippen molar-refractivity contribution in [2.75, 3.05) is 11.5 Å². The van der Waals surface area contributed by atoms with E-state index in [2.05, 4.69) is 0 Å². The lowest BCUT2D eigenvalue weighted by molar-refractivity contribution is -0.384. The Morgan fingerprint density at radius 3 is 2.38 bits per heavy atom. The average molecular weight is 319 g/mol. The summed E-state index contributed by atoms with van der Waals surface area (Å²) in [6, 6.07) is 6.30. The first-order valence-electron chi connectivity index (χ1n) is 6.63. The first-order valence-corrected chi connectivity index (χ1v) is 8.61. The highest BCUT2D eigenvalue weighted by atomic mass is 32.2. The van der Waals surface area contributed by atoms with Crippen molar-refractivity contribution in [3.05, 3.63) is 55.3 Å². The average Bonchev–Trinajstić information content (AvgIpc) is 3.10. The van der Waals surface area contributed by atoms with Gasteiger partial charge in [0.2, 0.25) is 0 Å². The van der Waals surface area contributed by atoms with Crippen molar-refractivity contribution in [2.24, 2.45) is 0 Å². The minimum Gasteiger partial charge on any atom is -0.289 e. The van der Waals surface area contributed by atoms with Crippen LogP contribution in [0.1, 0.15) is 18.4 Å². The Balaban J connectivity index is 1.82. The minimum absolute atomic E-state index is 0.0662. The highest BCUT2D eigenvalue weighted by Crippen LogP contribution is 2.43. The predicted octanol–water partition coefficient (Wildman–Crippen LogP) is 4.03. The van der Waals surface area contributed by atoms with Crippen LogP contribution in [0.5, 0.6) is 0 Å². The van der Waals surface area contributed by atoms with Gasteiger partial charge in [-0.25, -0.2) is 0 Å². The molecule has 3 rings (SSSR count). The van der Waals surface area contributed by atoms with Gasteiger partial charge in [0.25, 0.3) is 5.69 Å². The van der Waals surface area contributed by atoms with Crippen molar-refractivity contribution in [3.8, 4) is 0 Å². The Bertz CT molecular complexity index is 654. The quantitative estimate of drug-likeness (QED) is 0.468. The Kier molecular flexibility index (Phi) is 4.17. The van der Waals surface area contributed by atoms with Crippen LogP contribution in [-0.4, -0.2) is 22.2 Å². The summed E-state index contributed by atoms with van der Waals surface area (Å²) < 4.78 is 1.19. The van der Waals surface area contributed by atoms with Gasteiger partial charge in [-0.3, -0.25) is 14.9 Å². The third kappa shape index (κ3) is 3.06. The lowest BCUT2D eigenvalue weighted by Gasteiger charge is -2.00. The van der Waals surface area contributed by atoms with E-state index in [9.17, 15) is 14.9 Å². The molecule has 1 aliphatic carbocycles. The van der Waals surface area contributed by atoms with Crippen LogP contribution in [0.3, 0.4) is 0 Å². The minimum atomic E-state index is -0.422. The second kappa shape index (κ2) is 6.07. The molecule has 0 aromatic heterocycles. The van der Waals surface area contributed by atoms with Gasteiger partial charge in [0.1, 0.15) is 0 Å². The maximum atomic E-state index is 12.4. The zero-order valence-electron chi connectivity index (χ0n) is 11.2. The standard InChI is InChI=1S/C15H13NO3S2/c17-14-11(3-6-13(14)15-20-7-8-21-15)9-10-1-4-12(5-2-10)16(18)19/h1-2,4-5,9H,3,6-8H2. The molecule has 1 heterocycles. The second-order valence-electron chi connectivity index (χ2n) is 4.81. The number of non-ortho nitro benzene ring substituents is 1. The summed E-state index contributed by atoms with van der Waals surface area (Å²) in [5.74, 6) is 2.31. The number of carbonyl (C=O) groups excluding carboxylic acids is 1. The molecule has 0 N–H and O–H groups in total. The number of carbonyl (C=O) groups is 1. The lowest BCUT2D eigenvalue weighted by atomic mass is 10.1. The molecule has 21 heavy (non-hydrogen) atoms. The SMILES string of the molecule is O=C1C(=Cc2ccc([N+](=O)[O-])cc2)CCC1=C1SCCS1. The Hall–Kier alpha value is -1.53. The molecule has 0 bridgehead atoms. The van der Waals surface area contributed by atoms with Gasteiger partial charge in [0.15, 0.2) is 5.78 Å². The van der Waals surface area contributed by atoms with Crippen LogP contribution in [0.15, 0.2) is 39.6 Å². The number of hydrogen-bond donors (Lipinski definition) is 0. The van der Waals surface area contributed by atoms with Gasteiger partial charge in [0, 0.05) is 39.0 Å². The number of hydrogen-bond acceptors (Lipinski definition) is 5. The van der Waals surface area contributed by atoms with Crippen LogP contribution in [0.2, 0.25) is 0 Å². The summed E-state index contributed by atoms with van der Waals surface area (Å²) in [7, 11) is 0. The number of rotatable bonds is 2. The molecule has 2 fully saturated rings. The first kappa shape index (κ1) is 14.4. The first-order chi connectivity index (χ1) is 10.1. The van der Waals surface area contributed by atoms with E-state index in [-0.39, 0.29) is 11.5 Å². The van der Waals surface area contributed by atoms with Crippen molar-refractivity contribution in [1.82, 2.24) is 0 Å². The Labute approximate surface area is 130 Å². The van der Waals surface area contributed by atoms with E-state index in [0.717, 1.165) is 41.1 Å². The van der Waals surface area contributed by atoms with Crippen molar-refractivity contribution in [3.63, 3.8) is 0 Å². The van der Waals surface area contributed by atoms with E-state index in [1.54, 1.807) is 35.7 Å². The van der Waals surface area contributed by atoms with E-state index in [1.165, 1.54) is 16.4 Å². The number of ketones is 1. The summed E-state index contributed by atoms with van der Waals surface area (Å²) in [4.78, 5) is 22.6. The molecule has 6 heteroatoms. The van der Waals surface area contributed by atoms with Crippen molar-refractivity contribution < 1.29 is 9.72 Å². The smallest absolute Gasteiger partial charge is 0.269 e. The summed E-state index contributed by atoms with van der Waals surface area (Å²) in [5, 5.41) is 10.6. The molecular weight excluding hydrogens is 306 g/mol. The van der Waals surface area contributed by atoms with E-state index in [0.29, 0.717) is 0 Å². The molecule has 1 aliphatic heterocycles. The molecule has 0 radical (unpaired) electrons. The fourth-order valence-electron chi connectivity index (χ4n) is 2.39. The number of Topliss-reactive ketones (excluding diaryl/α,β-unsaturated/α-hetero) is 1. The van der Waals surface area contributed by atoms with E-state index < -0.39 is 4.92 Å². The normalized spacial score (nSPS) is 20.6. The van der Waals surface area contributed by atoms with Gasteiger partial charge in [0.05, 0.1) is 4.92 Å². The molecule has 1 aromatic rings. The molecule has 2 aliphatic rings. The zero-order chi connectivity index (χ0) is 14.8. The Morgan fingerprint density at radius 2 is 1.76 bits per heavy atom. The van der Waals surface area contributed by atoms with Crippen LogP contribution in [0.4, 0.5) is 5.69 Å². The molecule has 108 valence electrons. The molecule has 0 unspecified atom stereocenters. The molecular formula is C15H13NO3S2. The van der Waals surface area contributed by atoms with Crippen LogP contribution in [0, 0.1) is 10.1 Å². The number of nitrogens with zero attached hydrogens (tertiary/aromatic N) is 1. The monoisotopic (exact) mass is 319 g/mol. The summed E-state index contributed by atoms with van der Waals surface area (Å²) in [5.41, 5.74) is 2.66. The fraction of sp³-hybridized carbons (Fsp3) is 0.267. The molecule has 0 atom stereocenters. The van der Waals surface area contributed by atoms with Crippen LogP contribution in [0.25, 0.3) is 6.08 Å². The van der Waals surface area contributed by atoms with Gasteiger partial charge in [-0.05, 0) is 36.6 Å². The van der Waals surface area contributed by atoms with E-state index >= 15 is 0 Å². The molecule has 0 amide bonds. The molecule has 1 saturated carbocycles. The number of nitro benzene ring substituents is 1. The van der Waals surface area contributed by atoms with Gasteiger partial charge in [-0.2, -0.15) is 0 Å². The van der Waals surface area contributed by atoms with Crippen LogP contribution >= 0.6 is 23.5 Å². The lowest BCUT2D eigenvalue weighted by Crippen LogP contribution is -1.96. The molecule has 4 nitrogen and oxygen atoms in total. The topological polar surface area (TPSA) is 60.2 Å². The van der Waals surface area contributed by atoms with Crippen LogP contribution in [-0.2, 0) is 4.79 Å². The third-order valence-electron chi connectivity index (χ3n) is 3.45. The van der Waals surface area contributed by atoms with Crippen LogP contribution < -0.4 is 0 Å². The number of thioether (sulfide) groups is 2. The molecule has 1 saturated heterocycles. The summed E-state index contributed by atoms with van der Waals surface area (Å²) in [6.45, 7) is 0. The number of allylic oxidation sites excluding steroid dienone is 2. The fourth-order valence-corrected chi connectivity index (χ4v) is 5.00. The van der Waals surface area contributed by atoms with Crippen molar-refractivity contribution in [1.29, 1.82) is 0 Å². The highest BCUT2D eigenvalue weighted by molar-refractivity contribution is 8.25. The van der Waals surface area contributed by atoms with Gasteiger partial charge < -0.3 is 0 Å². The largest absolute Gasteiger partial charge is 0.289 e. The number of benzene rings is 1. The van der Waals surface area contributed by atoms with Crippen molar-refractivity contribution in [2.45, 2.75) is 12.8 Å². The van der Waals surface area contributed by atoms with Gasteiger partial charge in [-0.15, -0.1) is 23.5 Å². The zero-order valence-corrected chi connectivity index (χ0v) is 12.8. The number of nitro groups is 1. The predicted molar refractivity (Wildman–Crippen MR) is 87.3 cm³/mol. The van der Waals surface area contributed by atoms with E-state index in [4.69, 9.17) is 0 Å². The maximum absolute atomic E-state index is 12.4. The van der Waals surface area contributed by atoms with Crippen molar-refractivity contribution >= 4 is 41.1 Å². The second-order valence-corrected chi connectivity index (χ2v) is 7.28. The van der Waals surface area contributed by atoms with Gasteiger partial charge in [-0.1, -0.05) is 0 Å². The molecule has 1 aromatic carbocycles. The Morgan fingerprint density at radius 1 is 1.10 bits per heavy atom. The third-order valence-corrected chi connectivity index (χ3v) is 6.25. The van der Waals surface area contributed by atoms with E-state index in [1.807, 2.05) is 6.08 Å². The summed E-state index contributed by atoms with van der Waals surface area (Å²) >= 11 is 3.55.